The third kappa shape index (κ3) is 6.85. The van der Waals surface area contributed by atoms with Crippen LogP contribution in [0.1, 0.15) is 113 Å². The van der Waals surface area contributed by atoms with Gasteiger partial charge in [-0.1, -0.05) is 41.5 Å². The molecule has 0 N–H and O–H groups in total. The van der Waals surface area contributed by atoms with Gasteiger partial charge in [0.25, 0.3) is 0 Å². The number of carbonyl (C=O) groups excluding carboxylic acids is 3. The number of fused-ring (bicyclic) bond motifs is 1. The molecular formula is C42H50FO11S-. The molecule has 7 unspecified atom stereocenters. The molecular weight excluding hydrogens is 732 g/mol. The molecule has 0 spiro atoms. The lowest BCUT2D eigenvalue weighted by atomic mass is 9.55. The number of hydrogen-bond donors (Lipinski definition) is 0. The van der Waals surface area contributed by atoms with Crippen LogP contribution >= 0.6 is 0 Å². The number of carbonyl (C=O) groups is 3. The summed E-state index contributed by atoms with van der Waals surface area (Å²) in [4.78, 5) is 40.5. The first-order valence-electron chi connectivity index (χ1n) is 19.9. The zero-order valence-corrected chi connectivity index (χ0v) is 32.9. The summed E-state index contributed by atoms with van der Waals surface area (Å²) in [6.45, 7) is 10.9. The van der Waals surface area contributed by atoms with Gasteiger partial charge in [-0.05, 0) is 115 Å². The lowest BCUT2D eigenvalue weighted by Crippen LogP contribution is -2.51. The van der Waals surface area contributed by atoms with Gasteiger partial charge in [0.2, 0.25) is 6.29 Å². The Labute approximate surface area is 321 Å². The topological polar surface area (TPSA) is 155 Å². The highest BCUT2D eigenvalue weighted by Gasteiger charge is 2.70. The summed E-state index contributed by atoms with van der Waals surface area (Å²) in [6.07, 6.45) is 4.01. The van der Waals surface area contributed by atoms with Crippen molar-refractivity contribution in [2.45, 2.75) is 121 Å². The van der Waals surface area contributed by atoms with E-state index in [4.69, 9.17) is 23.7 Å². The van der Waals surface area contributed by atoms with Crippen molar-refractivity contribution in [3.05, 3.63) is 52.8 Å². The van der Waals surface area contributed by atoms with Gasteiger partial charge in [-0.3, -0.25) is 9.59 Å². The SMILES string of the molecule is CC(C)c1cc(OC(=O)C2C3CC4C(OC(=O)C42)C3OC(=O)c2ccc(F)c(OC(OC3C4CC5CC(C4)CC3C5)C(C)C)c2)cc(C(C)C)c1S(=O)(=O)[O-]. The molecule has 0 aromatic heterocycles. The van der Waals surface area contributed by atoms with Gasteiger partial charge < -0.3 is 28.2 Å². The van der Waals surface area contributed by atoms with Crippen molar-refractivity contribution in [2.24, 2.45) is 53.3 Å². The lowest BCUT2D eigenvalue weighted by molar-refractivity contribution is -0.211. The number of esters is 3. The summed E-state index contributed by atoms with van der Waals surface area (Å²) in [5.74, 6) is -3.92. The summed E-state index contributed by atoms with van der Waals surface area (Å²) in [5, 5.41) is 0. The highest BCUT2D eigenvalue weighted by molar-refractivity contribution is 7.85. The van der Waals surface area contributed by atoms with Crippen molar-refractivity contribution in [1.29, 1.82) is 0 Å². The fourth-order valence-corrected chi connectivity index (χ4v) is 12.3. The largest absolute Gasteiger partial charge is 0.744 e. The maximum Gasteiger partial charge on any atom is 0.338 e. The molecule has 2 aromatic carbocycles. The molecule has 0 radical (unpaired) electrons. The number of halogens is 1. The van der Waals surface area contributed by atoms with Crippen molar-refractivity contribution in [2.75, 3.05) is 0 Å². The van der Waals surface area contributed by atoms with E-state index in [1.54, 1.807) is 27.7 Å². The summed E-state index contributed by atoms with van der Waals surface area (Å²) >= 11 is 0. The molecule has 7 fully saturated rings. The van der Waals surface area contributed by atoms with E-state index in [-0.39, 0.29) is 62.9 Å². The van der Waals surface area contributed by atoms with E-state index in [2.05, 4.69) is 0 Å². The molecule has 6 aliphatic carbocycles. The van der Waals surface area contributed by atoms with Crippen molar-refractivity contribution < 1.29 is 55.4 Å². The van der Waals surface area contributed by atoms with Crippen LogP contribution in [0.4, 0.5) is 4.39 Å². The zero-order valence-electron chi connectivity index (χ0n) is 32.1. The summed E-state index contributed by atoms with van der Waals surface area (Å²) in [5.41, 5.74) is 0.490. The van der Waals surface area contributed by atoms with Crippen LogP contribution in [0.3, 0.4) is 0 Å². The Morgan fingerprint density at radius 1 is 0.855 bits per heavy atom. The van der Waals surface area contributed by atoms with Crippen LogP contribution in [0.15, 0.2) is 35.2 Å². The summed E-state index contributed by atoms with van der Waals surface area (Å²) in [6, 6.07) is 6.52. The maximum absolute atomic E-state index is 15.3. The second-order valence-corrected chi connectivity index (χ2v) is 19.2. The minimum absolute atomic E-state index is 0.0344. The lowest BCUT2D eigenvalue weighted by Gasteiger charge is -2.54. The van der Waals surface area contributed by atoms with Gasteiger partial charge in [-0.25, -0.2) is 17.6 Å². The second kappa shape index (κ2) is 14.1. The van der Waals surface area contributed by atoms with Gasteiger partial charge in [0.15, 0.2) is 11.6 Å². The maximum atomic E-state index is 15.3. The molecule has 7 atom stereocenters. The van der Waals surface area contributed by atoms with E-state index in [1.807, 2.05) is 13.8 Å². The standard InChI is InChI=1S/C42H51FO11S/c1-18(2)27-15-26(16-28(19(3)4)38(27)55(47,48)49)50-40(45)33-29-17-30-34(33)41(46)53-37(30)36(29)52-39(44)23-7-8-31(43)32(14-23)51-42(20(5)6)54-35-24-10-21-9-22(12-24)13-25(35)11-21/h7-8,14-16,18-22,24-25,29-30,33-37,42H,9-13,17H2,1-6H3,(H,47,48,49)/p-1. The monoisotopic (exact) mass is 781 g/mol. The van der Waals surface area contributed by atoms with E-state index in [0.29, 0.717) is 18.3 Å². The van der Waals surface area contributed by atoms with Crippen LogP contribution in [0.5, 0.6) is 11.5 Å². The first kappa shape index (κ1) is 38.3. The molecule has 1 saturated heterocycles. The van der Waals surface area contributed by atoms with Crippen LogP contribution in [0.2, 0.25) is 0 Å². The second-order valence-electron chi connectivity index (χ2n) is 17.9. The Morgan fingerprint density at radius 2 is 1.47 bits per heavy atom. The Balaban J connectivity index is 0.990. The smallest absolute Gasteiger partial charge is 0.338 e. The number of hydrogen-bond acceptors (Lipinski definition) is 11. The predicted octanol–water partition coefficient (Wildman–Crippen LogP) is 7.12. The molecule has 0 amide bonds. The molecule has 11 nitrogen and oxygen atoms in total. The Morgan fingerprint density at radius 3 is 2.04 bits per heavy atom. The van der Waals surface area contributed by atoms with Gasteiger partial charge >= 0.3 is 17.9 Å². The van der Waals surface area contributed by atoms with Crippen LogP contribution in [-0.4, -0.2) is 55.5 Å². The van der Waals surface area contributed by atoms with E-state index >= 15 is 4.39 Å². The van der Waals surface area contributed by atoms with Crippen LogP contribution in [-0.2, 0) is 33.9 Å². The average Bonchev–Trinajstić information content (AvgIpc) is 3.73. The first-order valence-corrected chi connectivity index (χ1v) is 21.3. The molecule has 9 rings (SSSR count). The molecule has 1 heterocycles. The normalized spacial score (nSPS) is 33.4. The fourth-order valence-electron chi connectivity index (χ4n) is 11.1. The van der Waals surface area contributed by atoms with E-state index in [1.165, 1.54) is 30.7 Å². The van der Waals surface area contributed by atoms with Crippen molar-refractivity contribution >= 4 is 28.0 Å². The molecule has 6 bridgehead atoms. The molecule has 298 valence electrons. The Kier molecular flexibility index (Phi) is 9.84. The summed E-state index contributed by atoms with van der Waals surface area (Å²) < 4.78 is 82.5. The van der Waals surface area contributed by atoms with Gasteiger partial charge in [0, 0.05) is 17.8 Å². The Hall–Kier alpha value is -3.55. The minimum Gasteiger partial charge on any atom is -0.744 e. The first-order chi connectivity index (χ1) is 26.0. The van der Waals surface area contributed by atoms with Crippen LogP contribution in [0, 0.1) is 59.1 Å². The quantitative estimate of drug-likeness (QED) is 0.0936. The van der Waals surface area contributed by atoms with Crippen LogP contribution in [0.25, 0.3) is 0 Å². The van der Waals surface area contributed by atoms with Crippen molar-refractivity contribution in [3.8, 4) is 11.5 Å². The molecule has 13 heteroatoms. The van der Waals surface area contributed by atoms with Crippen molar-refractivity contribution in [1.82, 2.24) is 0 Å². The molecule has 55 heavy (non-hydrogen) atoms. The van der Waals surface area contributed by atoms with Crippen LogP contribution < -0.4 is 9.47 Å². The number of ether oxygens (including phenoxy) is 5. The van der Waals surface area contributed by atoms with E-state index < -0.39 is 70.1 Å². The summed E-state index contributed by atoms with van der Waals surface area (Å²) in [7, 11) is -4.84. The highest BCUT2D eigenvalue weighted by Crippen LogP contribution is 2.59. The fraction of sp³-hybridized carbons (Fsp3) is 0.643. The molecule has 7 aliphatic rings. The minimum atomic E-state index is -4.84. The molecule has 2 aromatic rings. The van der Waals surface area contributed by atoms with Gasteiger partial charge in [-0.2, -0.15) is 0 Å². The highest BCUT2D eigenvalue weighted by atomic mass is 32.2. The predicted molar refractivity (Wildman–Crippen MR) is 193 cm³/mol. The number of benzene rings is 2. The van der Waals surface area contributed by atoms with Crippen molar-refractivity contribution in [3.63, 3.8) is 0 Å². The third-order valence-electron chi connectivity index (χ3n) is 13.3. The average molecular weight is 782 g/mol. The van der Waals surface area contributed by atoms with Gasteiger partial charge in [0.05, 0.1) is 28.4 Å². The van der Waals surface area contributed by atoms with Gasteiger partial charge in [-0.15, -0.1) is 0 Å². The zero-order chi connectivity index (χ0) is 39.2. The van der Waals surface area contributed by atoms with Gasteiger partial charge in [0.1, 0.15) is 28.1 Å². The molecule has 6 saturated carbocycles. The van der Waals surface area contributed by atoms with E-state index in [0.717, 1.165) is 43.6 Å². The number of rotatable bonds is 12. The Bertz CT molecular complexity index is 1930. The third-order valence-corrected chi connectivity index (χ3v) is 14.3. The molecule has 1 aliphatic heterocycles. The van der Waals surface area contributed by atoms with E-state index in [9.17, 15) is 27.4 Å².